The molecule has 1 saturated heterocycles. The molecule has 10 heteroatoms. The van der Waals surface area contributed by atoms with Gasteiger partial charge in [-0.1, -0.05) is 31.0 Å². The average molecular weight is 697 g/mol. The molecule has 3 aliphatic heterocycles. The first-order valence-corrected chi connectivity index (χ1v) is 20.2. The molecule has 1 amide bonds. The molecule has 0 unspecified atom stereocenters. The summed E-state index contributed by atoms with van der Waals surface area (Å²) in [6.07, 6.45) is 8.51. The molecule has 2 aromatic rings. The van der Waals surface area contributed by atoms with Crippen molar-refractivity contribution in [2.24, 2.45) is 23.7 Å². The lowest BCUT2D eigenvalue weighted by Gasteiger charge is -2.48. The van der Waals surface area contributed by atoms with Gasteiger partial charge in [0.25, 0.3) is 5.91 Å². The Morgan fingerprint density at radius 2 is 1.81 bits per heavy atom. The fourth-order valence-corrected chi connectivity index (χ4v) is 10.8. The van der Waals surface area contributed by atoms with Gasteiger partial charge in [-0.25, -0.2) is 13.1 Å². The van der Waals surface area contributed by atoms with E-state index in [4.69, 9.17) is 16.3 Å². The molecule has 2 bridgehead atoms. The number of carbonyl (C=O) groups is 1. The van der Waals surface area contributed by atoms with Gasteiger partial charge in [-0.3, -0.25) is 4.79 Å². The van der Waals surface area contributed by atoms with E-state index in [-0.39, 0.29) is 11.3 Å². The minimum atomic E-state index is -3.85. The van der Waals surface area contributed by atoms with Crippen LogP contribution in [0.1, 0.15) is 80.3 Å². The van der Waals surface area contributed by atoms with Gasteiger partial charge in [0.1, 0.15) is 5.75 Å². The Morgan fingerprint density at radius 3 is 2.58 bits per heavy atom. The van der Waals surface area contributed by atoms with Gasteiger partial charge in [-0.15, -0.1) is 0 Å². The standard InChI is InChI=1S/C38H53ClN4O4S/c1-26-6-4-7-30(22-42-18-16-41(3)17-19-42)33-12-9-31(33)23-43-24-38(15-5-8-28-20-32(39)11-13-34(28)38)25-47-36-14-10-29(21-35(36)43)37(44)40-48(45,46)27(26)2/h10-11,13-14,20-21,26-27,30-31,33H,4-9,12,15-19,22-25H2,1-3H3,(H,40,44)/t26-,27+,30+,31-,33-,38-/m0/s1. The van der Waals surface area contributed by atoms with E-state index in [2.05, 4.69) is 38.6 Å². The molecule has 8 nitrogen and oxygen atoms in total. The minimum absolute atomic E-state index is 0.0509. The van der Waals surface area contributed by atoms with E-state index < -0.39 is 21.2 Å². The summed E-state index contributed by atoms with van der Waals surface area (Å²) in [5.74, 6) is 1.90. The number of benzene rings is 2. The average Bonchev–Trinajstić information content (AvgIpc) is 3.19. The molecule has 0 radical (unpaired) electrons. The summed E-state index contributed by atoms with van der Waals surface area (Å²) in [6, 6.07) is 11.8. The Bertz CT molecular complexity index is 1610. The van der Waals surface area contributed by atoms with Gasteiger partial charge in [-0.2, -0.15) is 0 Å². The largest absolute Gasteiger partial charge is 0.490 e. The van der Waals surface area contributed by atoms with Crippen LogP contribution in [0.25, 0.3) is 0 Å². The van der Waals surface area contributed by atoms with Crippen LogP contribution in [0.3, 0.4) is 0 Å². The molecule has 2 aliphatic carbocycles. The van der Waals surface area contributed by atoms with Gasteiger partial charge >= 0.3 is 0 Å². The number of ether oxygens (including phenoxy) is 1. The molecule has 1 N–H and O–H groups in total. The molecule has 6 atom stereocenters. The van der Waals surface area contributed by atoms with Crippen molar-refractivity contribution in [1.29, 1.82) is 0 Å². The smallest absolute Gasteiger partial charge is 0.264 e. The highest BCUT2D eigenvalue weighted by Crippen LogP contribution is 2.48. The predicted molar refractivity (Wildman–Crippen MR) is 193 cm³/mol. The van der Waals surface area contributed by atoms with Crippen molar-refractivity contribution in [2.75, 3.05) is 64.4 Å². The summed E-state index contributed by atoms with van der Waals surface area (Å²) in [7, 11) is -1.64. The fourth-order valence-electron chi connectivity index (χ4n) is 9.31. The number of hydrogen-bond donors (Lipinski definition) is 1. The van der Waals surface area contributed by atoms with Gasteiger partial charge in [0.15, 0.2) is 0 Å². The number of rotatable bonds is 2. The third-order valence-electron chi connectivity index (χ3n) is 12.7. The summed E-state index contributed by atoms with van der Waals surface area (Å²) < 4.78 is 36.1. The first-order chi connectivity index (χ1) is 23.0. The van der Waals surface area contributed by atoms with Crippen LogP contribution in [-0.2, 0) is 21.9 Å². The molecule has 0 aromatic heterocycles. The van der Waals surface area contributed by atoms with Gasteiger partial charge in [0.2, 0.25) is 10.0 Å². The second-order valence-corrected chi connectivity index (χ2v) is 18.2. The van der Waals surface area contributed by atoms with Crippen molar-refractivity contribution in [3.63, 3.8) is 0 Å². The summed E-state index contributed by atoms with van der Waals surface area (Å²) in [6.45, 7) is 11.6. The second-order valence-electron chi connectivity index (χ2n) is 15.7. The minimum Gasteiger partial charge on any atom is -0.490 e. The van der Waals surface area contributed by atoms with Crippen LogP contribution in [0.2, 0.25) is 5.02 Å². The number of carbonyl (C=O) groups excluding carboxylic acids is 1. The normalized spacial score (nSPS) is 33.0. The van der Waals surface area contributed by atoms with E-state index >= 15 is 0 Å². The molecule has 262 valence electrons. The predicted octanol–water partition coefficient (Wildman–Crippen LogP) is 5.97. The maximum Gasteiger partial charge on any atom is 0.264 e. The molecule has 1 saturated carbocycles. The molecule has 3 heterocycles. The second kappa shape index (κ2) is 13.8. The van der Waals surface area contributed by atoms with Crippen LogP contribution in [0, 0.1) is 23.7 Å². The van der Waals surface area contributed by atoms with E-state index in [9.17, 15) is 13.2 Å². The van der Waals surface area contributed by atoms with Gasteiger partial charge in [0.05, 0.1) is 17.5 Å². The molecule has 2 fully saturated rings. The van der Waals surface area contributed by atoms with E-state index in [1.807, 2.05) is 25.1 Å². The van der Waals surface area contributed by atoms with E-state index in [1.54, 1.807) is 13.0 Å². The van der Waals surface area contributed by atoms with Gasteiger partial charge < -0.3 is 19.4 Å². The summed E-state index contributed by atoms with van der Waals surface area (Å²) in [5, 5.41) is 0.106. The molecule has 48 heavy (non-hydrogen) atoms. The zero-order valence-electron chi connectivity index (χ0n) is 28.9. The molecule has 7 rings (SSSR count). The SMILES string of the molecule is C[C@@H]1[C@@H](C)CCC[C@H](CN2CCN(C)CC2)[C@@H]2CC[C@H]2CN2C[C@@]3(CCCc4cc(Cl)ccc43)COc3ccc(cc32)C(=O)NS1(=O)=O. The van der Waals surface area contributed by atoms with Crippen LogP contribution in [0.5, 0.6) is 5.75 Å². The lowest BCUT2D eigenvalue weighted by molar-refractivity contribution is 0.0536. The highest BCUT2D eigenvalue weighted by Gasteiger charge is 2.45. The van der Waals surface area contributed by atoms with Crippen LogP contribution >= 0.6 is 11.6 Å². The van der Waals surface area contributed by atoms with Crippen LogP contribution < -0.4 is 14.4 Å². The molecular formula is C38H53ClN4O4S. The van der Waals surface area contributed by atoms with E-state index in [0.29, 0.717) is 29.9 Å². The highest BCUT2D eigenvalue weighted by atomic mass is 35.5. The lowest BCUT2D eigenvalue weighted by atomic mass is 9.65. The number of aryl methyl sites for hydroxylation is 1. The lowest BCUT2D eigenvalue weighted by Crippen LogP contribution is -2.51. The Morgan fingerprint density at radius 1 is 1.00 bits per heavy atom. The maximum absolute atomic E-state index is 13.5. The molecule has 5 aliphatic rings. The zero-order valence-corrected chi connectivity index (χ0v) is 30.5. The number of sulfonamides is 1. The number of amides is 1. The number of hydrogen-bond acceptors (Lipinski definition) is 7. The highest BCUT2D eigenvalue weighted by molar-refractivity contribution is 7.90. The Labute approximate surface area is 292 Å². The van der Waals surface area contributed by atoms with Crippen molar-refractivity contribution in [3.8, 4) is 5.75 Å². The third-order valence-corrected chi connectivity index (χ3v) is 14.8. The topological polar surface area (TPSA) is 82.2 Å². The Balaban J connectivity index is 1.26. The number of nitrogens with one attached hydrogen (secondary N) is 1. The van der Waals surface area contributed by atoms with Crippen molar-refractivity contribution in [2.45, 2.75) is 75.9 Å². The summed E-state index contributed by atoms with van der Waals surface area (Å²) >= 11 is 6.48. The van der Waals surface area contributed by atoms with Crippen molar-refractivity contribution < 1.29 is 17.9 Å². The maximum atomic E-state index is 13.5. The third kappa shape index (κ3) is 6.86. The van der Waals surface area contributed by atoms with Gasteiger partial charge in [-0.05, 0) is 124 Å². The number of likely N-dealkylation sites (N-methyl/N-ethyl adjacent to an activating group) is 1. The monoisotopic (exact) mass is 696 g/mol. The van der Waals surface area contributed by atoms with Crippen LogP contribution in [0.4, 0.5) is 5.69 Å². The number of piperazine rings is 1. The van der Waals surface area contributed by atoms with Gasteiger partial charge in [0, 0.05) is 61.8 Å². The molecular weight excluding hydrogens is 644 g/mol. The first kappa shape index (κ1) is 34.1. The quantitative estimate of drug-likeness (QED) is 0.415. The van der Waals surface area contributed by atoms with Crippen molar-refractivity contribution in [1.82, 2.24) is 14.5 Å². The van der Waals surface area contributed by atoms with Crippen molar-refractivity contribution >= 4 is 33.2 Å². The number of fused-ring (bicyclic) bond motifs is 4. The summed E-state index contributed by atoms with van der Waals surface area (Å²) in [4.78, 5) is 21.1. The molecule has 1 spiro atoms. The Kier molecular flexibility index (Phi) is 9.79. The zero-order chi connectivity index (χ0) is 33.6. The number of nitrogens with zero attached hydrogens (tertiary/aromatic N) is 3. The van der Waals surface area contributed by atoms with Crippen LogP contribution in [0.15, 0.2) is 36.4 Å². The van der Waals surface area contributed by atoms with E-state index in [0.717, 1.165) is 101 Å². The van der Waals surface area contributed by atoms with Crippen molar-refractivity contribution in [3.05, 3.63) is 58.1 Å². The first-order valence-electron chi connectivity index (χ1n) is 18.3. The summed E-state index contributed by atoms with van der Waals surface area (Å²) in [5.41, 5.74) is 3.67. The Hall–Kier alpha value is -2.33. The molecule has 2 aromatic carbocycles. The van der Waals surface area contributed by atoms with E-state index in [1.165, 1.54) is 24.0 Å². The fraction of sp³-hybridized carbons (Fsp3) is 0.658. The number of halogens is 1. The number of anilines is 1. The van der Waals surface area contributed by atoms with Crippen LogP contribution in [-0.4, -0.2) is 88.8 Å².